The van der Waals surface area contributed by atoms with Crippen molar-refractivity contribution in [1.82, 2.24) is 0 Å². The molecule has 0 unspecified atom stereocenters. The molecule has 0 aliphatic carbocycles. The van der Waals surface area contributed by atoms with Crippen molar-refractivity contribution in [3.8, 4) is 0 Å². The lowest BCUT2D eigenvalue weighted by molar-refractivity contribution is -0.137. The Bertz CT molecular complexity index is 495. The van der Waals surface area contributed by atoms with Gasteiger partial charge in [0.1, 0.15) is 0 Å². The number of benzene rings is 1. The highest BCUT2D eigenvalue weighted by molar-refractivity contribution is 5.88. The van der Waals surface area contributed by atoms with E-state index in [0.29, 0.717) is 17.7 Å². The van der Waals surface area contributed by atoms with Crippen LogP contribution in [0.1, 0.15) is 18.9 Å². The number of halogens is 3. The van der Waals surface area contributed by atoms with Crippen LogP contribution in [0.2, 0.25) is 0 Å². The van der Waals surface area contributed by atoms with Gasteiger partial charge in [-0.05, 0) is 24.6 Å². The average molecular weight is 287 g/mol. The Labute approximate surface area is 115 Å². The summed E-state index contributed by atoms with van der Waals surface area (Å²) in [5.74, 6) is -0.432. The lowest BCUT2D eigenvalue weighted by atomic mass is 10.2. The normalized spacial score (nSPS) is 12.2. The van der Waals surface area contributed by atoms with E-state index in [1.54, 1.807) is 13.0 Å². The molecule has 0 amide bonds. The van der Waals surface area contributed by atoms with Crippen molar-refractivity contribution < 1.29 is 22.7 Å². The molecule has 0 aromatic heterocycles. The number of alkyl halides is 3. The summed E-state index contributed by atoms with van der Waals surface area (Å²) >= 11 is 0. The molecule has 3 nitrogen and oxygen atoms in total. The molecule has 1 rings (SSSR count). The maximum Gasteiger partial charge on any atom is 0.416 e. The third kappa shape index (κ3) is 4.60. The summed E-state index contributed by atoms with van der Waals surface area (Å²) in [6, 6.07) is 4.90. The van der Waals surface area contributed by atoms with E-state index in [4.69, 9.17) is 0 Å². The van der Waals surface area contributed by atoms with E-state index < -0.39 is 17.7 Å². The summed E-state index contributed by atoms with van der Waals surface area (Å²) in [4.78, 5) is 11.3. The molecule has 1 aromatic carbocycles. The van der Waals surface area contributed by atoms with Crippen molar-refractivity contribution in [2.45, 2.75) is 19.5 Å². The number of nitrogens with one attached hydrogen (secondary N) is 1. The highest BCUT2D eigenvalue weighted by Gasteiger charge is 2.30. The molecule has 0 spiro atoms. The zero-order valence-electron chi connectivity index (χ0n) is 11.3. The van der Waals surface area contributed by atoms with Crippen LogP contribution in [-0.2, 0) is 15.7 Å². The van der Waals surface area contributed by atoms with Crippen molar-refractivity contribution >= 4 is 11.7 Å². The molecule has 6 heteroatoms. The van der Waals surface area contributed by atoms with E-state index in [9.17, 15) is 18.0 Å². The molecule has 0 bridgehead atoms. The molecular weight excluding hydrogens is 271 g/mol. The Hall–Kier alpha value is -1.98. The first-order chi connectivity index (χ1) is 9.38. The van der Waals surface area contributed by atoms with Crippen molar-refractivity contribution in [2.75, 3.05) is 19.0 Å². The maximum absolute atomic E-state index is 12.5. The van der Waals surface area contributed by atoms with Gasteiger partial charge in [-0.15, -0.1) is 0 Å². The van der Waals surface area contributed by atoms with E-state index in [-0.39, 0.29) is 6.54 Å². The van der Waals surface area contributed by atoms with E-state index >= 15 is 0 Å². The molecule has 0 heterocycles. The number of anilines is 1. The quantitative estimate of drug-likeness (QED) is 0.664. The largest absolute Gasteiger partial charge is 0.466 e. The molecular formula is C14H16F3NO2. The molecule has 0 aliphatic heterocycles. The predicted molar refractivity (Wildman–Crippen MR) is 70.3 cm³/mol. The van der Waals surface area contributed by atoms with Crippen LogP contribution in [0.15, 0.2) is 35.9 Å². The zero-order chi connectivity index (χ0) is 15.2. The van der Waals surface area contributed by atoms with Gasteiger partial charge in [0, 0.05) is 17.8 Å². The Morgan fingerprint density at radius 2 is 2.10 bits per heavy atom. The SMILES string of the molecule is CC/C(=C/CNc1cccc(C(F)(F)F)c1)C(=O)OC. The summed E-state index contributed by atoms with van der Waals surface area (Å²) < 4.78 is 42.2. The fourth-order valence-electron chi connectivity index (χ4n) is 1.60. The maximum atomic E-state index is 12.5. The molecule has 0 atom stereocenters. The molecule has 0 fully saturated rings. The van der Waals surface area contributed by atoms with Gasteiger partial charge in [-0.1, -0.05) is 19.1 Å². The topological polar surface area (TPSA) is 38.3 Å². The molecule has 20 heavy (non-hydrogen) atoms. The van der Waals surface area contributed by atoms with Gasteiger partial charge in [0.2, 0.25) is 0 Å². The van der Waals surface area contributed by atoms with Crippen molar-refractivity contribution in [1.29, 1.82) is 0 Å². The van der Waals surface area contributed by atoms with Crippen LogP contribution in [0.4, 0.5) is 18.9 Å². The van der Waals surface area contributed by atoms with Crippen LogP contribution in [0.5, 0.6) is 0 Å². The van der Waals surface area contributed by atoms with Gasteiger partial charge in [0.25, 0.3) is 0 Å². The highest BCUT2D eigenvalue weighted by atomic mass is 19.4. The van der Waals surface area contributed by atoms with E-state index in [1.807, 2.05) is 0 Å². The minimum absolute atomic E-state index is 0.250. The Morgan fingerprint density at radius 3 is 2.65 bits per heavy atom. The van der Waals surface area contributed by atoms with Gasteiger partial charge < -0.3 is 10.1 Å². The Balaban J connectivity index is 2.71. The molecule has 0 saturated heterocycles. The second-order valence-electron chi connectivity index (χ2n) is 4.03. The molecule has 1 N–H and O–H groups in total. The van der Waals surface area contributed by atoms with Gasteiger partial charge in [0.15, 0.2) is 0 Å². The number of carbonyl (C=O) groups excluding carboxylic acids is 1. The minimum Gasteiger partial charge on any atom is -0.466 e. The lowest BCUT2D eigenvalue weighted by Crippen LogP contribution is -2.08. The molecule has 0 aliphatic rings. The Morgan fingerprint density at radius 1 is 1.40 bits per heavy atom. The number of hydrogen-bond donors (Lipinski definition) is 1. The van der Waals surface area contributed by atoms with Crippen LogP contribution in [-0.4, -0.2) is 19.6 Å². The number of esters is 1. The summed E-state index contributed by atoms with van der Waals surface area (Å²) in [7, 11) is 1.28. The summed E-state index contributed by atoms with van der Waals surface area (Å²) in [6.07, 6.45) is -2.27. The van der Waals surface area contributed by atoms with Crippen LogP contribution in [0.25, 0.3) is 0 Å². The van der Waals surface area contributed by atoms with Crippen molar-refractivity contribution in [3.63, 3.8) is 0 Å². The second-order valence-corrected chi connectivity index (χ2v) is 4.03. The monoisotopic (exact) mass is 287 g/mol. The second kappa shape index (κ2) is 6.98. The molecule has 110 valence electrons. The highest BCUT2D eigenvalue weighted by Crippen LogP contribution is 2.30. The number of ether oxygens (including phenoxy) is 1. The number of carbonyl (C=O) groups is 1. The standard InChI is InChI=1S/C14H16F3NO2/c1-3-10(13(19)20-2)7-8-18-12-6-4-5-11(9-12)14(15,16)17/h4-7,9,18H,3,8H2,1-2H3/b10-7-. The van der Waals surface area contributed by atoms with Gasteiger partial charge in [-0.2, -0.15) is 13.2 Å². The molecule has 0 radical (unpaired) electrons. The molecule has 0 saturated carbocycles. The number of methoxy groups -OCH3 is 1. The smallest absolute Gasteiger partial charge is 0.416 e. The van der Waals surface area contributed by atoms with Crippen molar-refractivity contribution in [2.24, 2.45) is 0 Å². The minimum atomic E-state index is -4.37. The summed E-state index contributed by atoms with van der Waals surface area (Å²) in [5, 5.41) is 2.82. The number of hydrogen-bond acceptors (Lipinski definition) is 3. The fourth-order valence-corrected chi connectivity index (χ4v) is 1.60. The summed E-state index contributed by atoms with van der Waals surface area (Å²) in [5.41, 5.74) is 0.110. The van der Waals surface area contributed by atoms with Crippen LogP contribution < -0.4 is 5.32 Å². The van der Waals surface area contributed by atoms with Gasteiger partial charge >= 0.3 is 12.1 Å². The van der Waals surface area contributed by atoms with Gasteiger partial charge in [0.05, 0.1) is 12.7 Å². The lowest BCUT2D eigenvalue weighted by Gasteiger charge is -2.10. The number of rotatable bonds is 5. The first-order valence-electron chi connectivity index (χ1n) is 6.07. The van der Waals surface area contributed by atoms with Crippen LogP contribution in [0, 0.1) is 0 Å². The van der Waals surface area contributed by atoms with Crippen LogP contribution >= 0.6 is 0 Å². The first-order valence-corrected chi connectivity index (χ1v) is 6.07. The van der Waals surface area contributed by atoms with E-state index in [1.165, 1.54) is 19.2 Å². The van der Waals surface area contributed by atoms with E-state index in [2.05, 4.69) is 10.1 Å². The predicted octanol–water partition coefficient (Wildman–Crippen LogP) is 3.63. The Kier molecular flexibility index (Phi) is 5.61. The first kappa shape index (κ1) is 16.1. The summed E-state index contributed by atoms with van der Waals surface area (Å²) in [6.45, 7) is 2.05. The van der Waals surface area contributed by atoms with Crippen molar-refractivity contribution in [3.05, 3.63) is 41.5 Å². The third-order valence-electron chi connectivity index (χ3n) is 2.67. The molecule has 1 aromatic rings. The van der Waals surface area contributed by atoms with Crippen LogP contribution in [0.3, 0.4) is 0 Å². The third-order valence-corrected chi connectivity index (χ3v) is 2.67. The zero-order valence-corrected chi connectivity index (χ0v) is 11.3. The average Bonchev–Trinajstić information content (AvgIpc) is 2.42. The fraction of sp³-hybridized carbons (Fsp3) is 0.357. The van der Waals surface area contributed by atoms with Gasteiger partial charge in [-0.3, -0.25) is 0 Å². The van der Waals surface area contributed by atoms with Gasteiger partial charge in [-0.25, -0.2) is 4.79 Å². The van der Waals surface area contributed by atoms with E-state index in [0.717, 1.165) is 12.1 Å².